The molecular weight excluding hydrogens is 352 g/mol. The van der Waals surface area contributed by atoms with Crippen molar-refractivity contribution in [2.24, 2.45) is 0 Å². The number of hydrogen-bond acceptors (Lipinski definition) is 2. The zero-order valence-electron chi connectivity index (χ0n) is 16.3. The van der Waals surface area contributed by atoms with Gasteiger partial charge in [-0.3, -0.25) is 9.59 Å². The van der Waals surface area contributed by atoms with Gasteiger partial charge < -0.3 is 9.80 Å². The molecule has 2 fully saturated rings. The van der Waals surface area contributed by atoms with E-state index in [0.29, 0.717) is 25.8 Å². The molecule has 8 heteroatoms. The zero-order chi connectivity index (χ0) is 20.4. The Morgan fingerprint density at radius 2 is 1.23 bits per heavy atom. The third-order valence-electron chi connectivity index (χ3n) is 4.20. The SMILES string of the molecule is CC.CCC(=O)N1CCC(F)(F)CC1.CCC(=O)N1CCCC(F)(F)C1. The average Bonchev–Trinajstić information content (AvgIpc) is 2.61. The summed E-state index contributed by atoms with van der Waals surface area (Å²) in [6.07, 6.45) is 0.693. The second kappa shape index (κ2) is 11.4. The lowest BCUT2D eigenvalue weighted by Gasteiger charge is -2.32. The largest absolute Gasteiger partial charge is 0.342 e. The van der Waals surface area contributed by atoms with Crippen molar-refractivity contribution >= 4 is 11.8 Å². The molecule has 0 aromatic carbocycles. The number of alkyl halides is 4. The van der Waals surface area contributed by atoms with Crippen LogP contribution in [0.1, 0.15) is 66.2 Å². The molecule has 0 N–H and O–H groups in total. The number of rotatable bonds is 2. The van der Waals surface area contributed by atoms with E-state index >= 15 is 0 Å². The minimum atomic E-state index is -2.66. The molecule has 0 spiro atoms. The second-order valence-corrected chi connectivity index (χ2v) is 6.22. The zero-order valence-corrected chi connectivity index (χ0v) is 16.3. The van der Waals surface area contributed by atoms with Crippen molar-refractivity contribution in [3.8, 4) is 0 Å². The summed E-state index contributed by atoms with van der Waals surface area (Å²) in [6, 6.07) is 0. The lowest BCUT2D eigenvalue weighted by atomic mass is 10.1. The lowest BCUT2D eigenvalue weighted by molar-refractivity contribution is -0.141. The predicted octanol–water partition coefficient (Wildman–Crippen LogP) is 4.33. The Morgan fingerprint density at radius 1 is 0.769 bits per heavy atom. The van der Waals surface area contributed by atoms with Gasteiger partial charge in [0.25, 0.3) is 11.8 Å². The van der Waals surface area contributed by atoms with Crippen molar-refractivity contribution < 1.29 is 27.2 Å². The highest BCUT2D eigenvalue weighted by molar-refractivity contribution is 5.76. The Morgan fingerprint density at radius 3 is 1.65 bits per heavy atom. The molecule has 0 atom stereocenters. The van der Waals surface area contributed by atoms with Gasteiger partial charge in [-0.2, -0.15) is 0 Å². The fourth-order valence-corrected chi connectivity index (χ4v) is 2.71. The van der Waals surface area contributed by atoms with Gasteiger partial charge in [0, 0.05) is 51.7 Å². The van der Waals surface area contributed by atoms with Gasteiger partial charge >= 0.3 is 0 Å². The molecule has 0 aromatic rings. The molecular formula is C18H32F4N2O2. The van der Waals surface area contributed by atoms with Crippen LogP contribution in [0.25, 0.3) is 0 Å². The first kappa shape index (κ1) is 24.7. The van der Waals surface area contributed by atoms with E-state index < -0.39 is 11.8 Å². The number of nitrogens with zero attached hydrogens (tertiary/aromatic N) is 2. The summed E-state index contributed by atoms with van der Waals surface area (Å²) in [4.78, 5) is 24.9. The minimum absolute atomic E-state index is 0.0227. The average molecular weight is 384 g/mol. The normalized spacial score (nSPS) is 20.9. The maximum absolute atomic E-state index is 12.8. The van der Waals surface area contributed by atoms with Gasteiger partial charge in [0.2, 0.25) is 11.8 Å². The van der Waals surface area contributed by atoms with Gasteiger partial charge in [0.05, 0.1) is 6.54 Å². The van der Waals surface area contributed by atoms with Crippen LogP contribution in [-0.4, -0.2) is 59.6 Å². The number of hydrogen-bond donors (Lipinski definition) is 0. The lowest BCUT2D eigenvalue weighted by Crippen LogP contribution is -2.45. The summed E-state index contributed by atoms with van der Waals surface area (Å²) in [5.74, 6) is -5.41. The van der Waals surface area contributed by atoms with Crippen LogP contribution in [0.3, 0.4) is 0 Å². The Hall–Kier alpha value is -1.34. The third kappa shape index (κ3) is 8.85. The van der Waals surface area contributed by atoms with Gasteiger partial charge in [-0.25, -0.2) is 17.6 Å². The van der Waals surface area contributed by atoms with E-state index in [4.69, 9.17) is 0 Å². The van der Waals surface area contributed by atoms with E-state index in [-0.39, 0.29) is 50.7 Å². The highest BCUT2D eigenvalue weighted by Crippen LogP contribution is 2.28. The molecule has 4 nitrogen and oxygen atoms in total. The Balaban J connectivity index is 0.000000439. The first-order valence-corrected chi connectivity index (χ1v) is 9.41. The fourth-order valence-electron chi connectivity index (χ4n) is 2.71. The highest BCUT2D eigenvalue weighted by atomic mass is 19.3. The maximum atomic E-state index is 12.8. The molecule has 0 aromatic heterocycles. The van der Waals surface area contributed by atoms with E-state index in [1.54, 1.807) is 13.8 Å². The van der Waals surface area contributed by atoms with Gasteiger partial charge in [0.15, 0.2) is 0 Å². The summed E-state index contributed by atoms with van der Waals surface area (Å²) < 4.78 is 50.7. The Kier molecular flexibility index (Phi) is 10.8. The van der Waals surface area contributed by atoms with Gasteiger partial charge in [-0.1, -0.05) is 27.7 Å². The van der Waals surface area contributed by atoms with Crippen LogP contribution in [-0.2, 0) is 9.59 Å². The summed E-state index contributed by atoms with van der Waals surface area (Å²) in [5.41, 5.74) is 0. The van der Waals surface area contributed by atoms with Crippen molar-refractivity contribution in [1.29, 1.82) is 0 Å². The number of likely N-dealkylation sites (tertiary alicyclic amines) is 2. The molecule has 2 rings (SSSR count). The van der Waals surface area contributed by atoms with Gasteiger partial charge in [0.1, 0.15) is 0 Å². The van der Waals surface area contributed by atoms with E-state index in [1.165, 1.54) is 9.80 Å². The summed E-state index contributed by atoms with van der Waals surface area (Å²) in [7, 11) is 0. The molecule has 2 aliphatic rings. The van der Waals surface area contributed by atoms with Crippen LogP contribution in [0.15, 0.2) is 0 Å². The molecule has 2 amide bonds. The second-order valence-electron chi connectivity index (χ2n) is 6.22. The highest BCUT2D eigenvalue weighted by Gasteiger charge is 2.36. The molecule has 2 heterocycles. The summed E-state index contributed by atoms with van der Waals surface area (Å²) >= 11 is 0. The van der Waals surface area contributed by atoms with Crippen molar-refractivity contribution in [2.45, 2.75) is 78.1 Å². The molecule has 0 unspecified atom stereocenters. The van der Waals surface area contributed by atoms with Crippen molar-refractivity contribution in [2.75, 3.05) is 26.2 Å². The van der Waals surface area contributed by atoms with Crippen molar-refractivity contribution in [3.05, 3.63) is 0 Å². The molecule has 2 aliphatic heterocycles. The summed E-state index contributed by atoms with van der Waals surface area (Å²) in [6.45, 7) is 7.95. The molecule has 26 heavy (non-hydrogen) atoms. The summed E-state index contributed by atoms with van der Waals surface area (Å²) in [5, 5.41) is 0. The third-order valence-corrected chi connectivity index (χ3v) is 4.20. The number of halogens is 4. The van der Waals surface area contributed by atoms with Crippen molar-refractivity contribution in [1.82, 2.24) is 9.80 Å². The van der Waals surface area contributed by atoms with E-state index in [0.717, 1.165) is 0 Å². The Bertz CT molecular complexity index is 435. The van der Waals surface area contributed by atoms with Crippen LogP contribution < -0.4 is 0 Å². The smallest absolute Gasteiger partial charge is 0.265 e. The monoisotopic (exact) mass is 384 g/mol. The van der Waals surface area contributed by atoms with Crippen LogP contribution in [0.5, 0.6) is 0 Å². The molecule has 2 saturated heterocycles. The number of carbonyl (C=O) groups is 2. The van der Waals surface area contributed by atoms with E-state index in [2.05, 4.69) is 0 Å². The number of amides is 2. The van der Waals surface area contributed by atoms with Gasteiger partial charge in [-0.05, 0) is 6.42 Å². The molecule has 0 bridgehead atoms. The van der Waals surface area contributed by atoms with Crippen LogP contribution in [0, 0.1) is 0 Å². The Labute approximate surface area is 153 Å². The fraction of sp³-hybridized carbons (Fsp3) is 0.889. The molecule has 0 saturated carbocycles. The van der Waals surface area contributed by atoms with E-state index in [1.807, 2.05) is 13.8 Å². The van der Waals surface area contributed by atoms with Crippen molar-refractivity contribution in [3.63, 3.8) is 0 Å². The molecule has 0 radical (unpaired) electrons. The first-order valence-electron chi connectivity index (χ1n) is 9.41. The molecule has 0 aliphatic carbocycles. The molecule has 154 valence electrons. The number of carbonyl (C=O) groups excluding carboxylic acids is 2. The van der Waals surface area contributed by atoms with Crippen LogP contribution in [0.4, 0.5) is 17.6 Å². The topological polar surface area (TPSA) is 40.6 Å². The van der Waals surface area contributed by atoms with Gasteiger partial charge in [-0.15, -0.1) is 0 Å². The maximum Gasteiger partial charge on any atom is 0.265 e. The van der Waals surface area contributed by atoms with E-state index in [9.17, 15) is 27.2 Å². The number of piperidine rings is 2. The van der Waals surface area contributed by atoms with Crippen LogP contribution >= 0.6 is 0 Å². The first-order chi connectivity index (χ1) is 12.1. The standard InChI is InChI=1S/2C8H13F2NO.C2H6/c1-2-7(12)11-5-3-8(9,10)4-6-11;1-2-7(12)11-5-3-4-8(9,10)6-11;1-2/h2*2-6H2,1H3;1-2H3. The van der Waals surface area contributed by atoms with Crippen LogP contribution in [0.2, 0.25) is 0 Å². The minimum Gasteiger partial charge on any atom is -0.342 e. The predicted molar refractivity (Wildman–Crippen MR) is 93.5 cm³/mol. The quantitative estimate of drug-likeness (QED) is 0.665.